The average molecular weight is 576 g/mol. The minimum absolute atomic E-state index is 0.199. The highest BCUT2D eigenvalue weighted by Crippen LogP contribution is 2.40. The van der Waals surface area contributed by atoms with Gasteiger partial charge in [-0.25, -0.2) is 4.79 Å². The van der Waals surface area contributed by atoms with Gasteiger partial charge in [-0.1, -0.05) is 80.9 Å². The fourth-order valence-electron chi connectivity index (χ4n) is 5.14. The Labute approximate surface area is 252 Å². The molecule has 0 saturated carbocycles. The van der Waals surface area contributed by atoms with Gasteiger partial charge in [-0.15, -0.1) is 0 Å². The van der Waals surface area contributed by atoms with E-state index in [0.717, 1.165) is 36.0 Å². The van der Waals surface area contributed by atoms with Crippen molar-refractivity contribution in [3.05, 3.63) is 88.6 Å². The molecule has 1 unspecified atom stereocenters. The van der Waals surface area contributed by atoms with Gasteiger partial charge in [-0.3, -0.25) is 9.59 Å². The van der Waals surface area contributed by atoms with Crippen LogP contribution in [-0.4, -0.2) is 29.0 Å². The molecule has 0 heterocycles. The second-order valence-corrected chi connectivity index (χ2v) is 11.9. The number of rotatable bonds is 15. The number of aliphatic carboxylic acids is 1. The third-order valence-corrected chi connectivity index (χ3v) is 7.57. The molecule has 1 atom stereocenters. The molecule has 2 N–H and O–H groups in total. The Morgan fingerprint density at radius 1 is 1.12 bits per heavy atom. The zero-order valence-electron chi connectivity index (χ0n) is 26.3. The largest absolute Gasteiger partial charge is 0.480 e. The van der Waals surface area contributed by atoms with E-state index in [1.54, 1.807) is 12.1 Å². The van der Waals surface area contributed by atoms with Gasteiger partial charge in [0.05, 0.1) is 0 Å². The summed E-state index contributed by atoms with van der Waals surface area (Å²) >= 11 is 0. The van der Waals surface area contributed by atoms with E-state index in [1.165, 1.54) is 30.1 Å². The average Bonchev–Trinajstić information content (AvgIpc) is 2.90. The Hall–Kier alpha value is -3.67. The van der Waals surface area contributed by atoms with Crippen LogP contribution in [0.1, 0.15) is 98.5 Å². The van der Waals surface area contributed by atoms with Crippen LogP contribution in [0.5, 0.6) is 5.75 Å². The van der Waals surface area contributed by atoms with E-state index >= 15 is 0 Å². The Morgan fingerprint density at radius 3 is 2.57 bits per heavy atom. The number of allylic oxidation sites excluding steroid dienone is 9. The van der Waals surface area contributed by atoms with Crippen LogP contribution in [0.3, 0.4) is 0 Å². The third kappa shape index (κ3) is 12.5. The molecule has 2 rings (SSSR count). The molecule has 1 amide bonds. The van der Waals surface area contributed by atoms with E-state index in [4.69, 9.17) is 4.74 Å². The molecular formula is C36H49NO5. The van der Waals surface area contributed by atoms with Crippen molar-refractivity contribution in [2.45, 2.75) is 105 Å². The molecule has 42 heavy (non-hydrogen) atoms. The summed E-state index contributed by atoms with van der Waals surface area (Å²) in [6.07, 6.45) is 18.7. The topological polar surface area (TPSA) is 92.7 Å². The lowest BCUT2D eigenvalue weighted by Gasteiger charge is -2.32. The minimum Gasteiger partial charge on any atom is -0.480 e. The lowest BCUT2D eigenvalue weighted by Crippen LogP contribution is -2.40. The second-order valence-electron chi connectivity index (χ2n) is 11.9. The quantitative estimate of drug-likeness (QED) is 0.0951. The number of carboxylic acids is 1. The van der Waals surface area contributed by atoms with Crippen molar-refractivity contribution in [1.82, 2.24) is 5.32 Å². The zero-order chi connectivity index (χ0) is 31.1. The van der Waals surface area contributed by atoms with Crippen LogP contribution in [0.2, 0.25) is 0 Å². The number of esters is 1. The maximum absolute atomic E-state index is 12.5. The van der Waals surface area contributed by atoms with E-state index in [2.05, 4.69) is 38.2 Å². The number of unbranched alkanes of at least 4 members (excludes halogenated alkanes) is 1. The number of ether oxygens (including phenoxy) is 1. The van der Waals surface area contributed by atoms with Gasteiger partial charge in [0.25, 0.3) is 0 Å². The molecule has 0 radical (unpaired) electrons. The normalized spacial score (nSPS) is 16.6. The summed E-state index contributed by atoms with van der Waals surface area (Å²) in [4.78, 5) is 36.2. The summed E-state index contributed by atoms with van der Waals surface area (Å²) in [5.74, 6) is -1.27. The molecule has 6 heteroatoms. The standard InChI is InChI=1S/C36H49NO5/c1-7-8-20-34(39)42-30-18-10-16-29(25-30)17-11-19-32(35(40)41)37-33(38)24-27(3)14-9-13-26(2)21-22-31-28(4)15-12-23-36(31,5)6/h9-10,13-14,16,18,21-22,24-25,32H,7-8,11-12,15,17,19-20,23H2,1-6H3,(H,37,38)(H,40,41)/b14-9+,22-21+,26-13+,27-24+. The lowest BCUT2D eigenvalue weighted by atomic mass is 9.72. The molecule has 0 aliphatic heterocycles. The van der Waals surface area contributed by atoms with E-state index < -0.39 is 17.9 Å². The summed E-state index contributed by atoms with van der Waals surface area (Å²) in [5.41, 5.74) is 5.86. The van der Waals surface area contributed by atoms with Gasteiger partial charge in [-0.05, 0) is 100.0 Å². The lowest BCUT2D eigenvalue weighted by molar-refractivity contribution is -0.141. The first-order valence-electron chi connectivity index (χ1n) is 15.2. The Kier molecular flexibility index (Phi) is 14.2. The first-order chi connectivity index (χ1) is 19.9. The molecule has 0 saturated heterocycles. The van der Waals surface area contributed by atoms with Crippen molar-refractivity contribution in [2.75, 3.05) is 0 Å². The zero-order valence-corrected chi connectivity index (χ0v) is 26.3. The molecule has 1 aromatic rings. The number of carbonyl (C=O) groups is 3. The van der Waals surface area contributed by atoms with E-state index in [9.17, 15) is 19.5 Å². The van der Waals surface area contributed by atoms with Crippen LogP contribution in [0.15, 0.2) is 83.0 Å². The Balaban J connectivity index is 1.88. The molecule has 0 fully saturated rings. The number of nitrogens with one attached hydrogen (secondary N) is 1. The van der Waals surface area contributed by atoms with Crippen LogP contribution in [0.4, 0.5) is 0 Å². The van der Waals surface area contributed by atoms with Crippen molar-refractivity contribution in [1.29, 1.82) is 0 Å². The molecule has 1 aliphatic rings. The predicted octanol–water partition coefficient (Wildman–Crippen LogP) is 8.21. The Bertz CT molecular complexity index is 1240. The van der Waals surface area contributed by atoms with Gasteiger partial charge in [0.15, 0.2) is 0 Å². The fourth-order valence-corrected chi connectivity index (χ4v) is 5.14. The fraction of sp³-hybridized carbons (Fsp3) is 0.472. The van der Waals surface area contributed by atoms with Gasteiger partial charge in [0, 0.05) is 12.5 Å². The summed E-state index contributed by atoms with van der Waals surface area (Å²) in [6.45, 7) is 12.7. The summed E-state index contributed by atoms with van der Waals surface area (Å²) in [5, 5.41) is 12.2. The molecule has 0 bridgehead atoms. The highest BCUT2D eigenvalue weighted by molar-refractivity contribution is 5.91. The highest BCUT2D eigenvalue weighted by atomic mass is 16.5. The van der Waals surface area contributed by atoms with E-state index in [1.807, 2.05) is 51.1 Å². The van der Waals surface area contributed by atoms with Crippen molar-refractivity contribution >= 4 is 17.8 Å². The molecular weight excluding hydrogens is 526 g/mol. The minimum atomic E-state index is -1.07. The predicted molar refractivity (Wildman–Crippen MR) is 170 cm³/mol. The maximum atomic E-state index is 12.5. The molecule has 228 valence electrons. The number of benzene rings is 1. The van der Waals surface area contributed by atoms with Crippen molar-refractivity contribution < 1.29 is 24.2 Å². The first-order valence-corrected chi connectivity index (χ1v) is 15.2. The maximum Gasteiger partial charge on any atom is 0.326 e. The van der Waals surface area contributed by atoms with Crippen LogP contribution in [-0.2, 0) is 20.8 Å². The molecule has 6 nitrogen and oxygen atoms in total. The summed E-state index contributed by atoms with van der Waals surface area (Å²) in [7, 11) is 0. The van der Waals surface area contributed by atoms with E-state index in [-0.39, 0.29) is 17.8 Å². The van der Waals surface area contributed by atoms with Crippen LogP contribution >= 0.6 is 0 Å². The van der Waals surface area contributed by atoms with Gasteiger partial charge >= 0.3 is 11.9 Å². The summed E-state index contributed by atoms with van der Waals surface area (Å²) in [6, 6.07) is 6.28. The number of aryl methyl sites for hydroxylation is 1. The summed E-state index contributed by atoms with van der Waals surface area (Å²) < 4.78 is 5.39. The number of hydrogen-bond donors (Lipinski definition) is 2. The number of carbonyl (C=O) groups excluding carboxylic acids is 2. The van der Waals surface area contributed by atoms with Gasteiger partial charge in [0.1, 0.15) is 11.8 Å². The third-order valence-electron chi connectivity index (χ3n) is 7.57. The molecule has 1 aromatic carbocycles. The first kappa shape index (κ1) is 34.5. The molecule has 1 aliphatic carbocycles. The van der Waals surface area contributed by atoms with Gasteiger partial charge < -0.3 is 15.2 Å². The van der Waals surface area contributed by atoms with Crippen molar-refractivity contribution in [2.24, 2.45) is 5.41 Å². The smallest absolute Gasteiger partial charge is 0.326 e. The van der Waals surface area contributed by atoms with Gasteiger partial charge in [0.2, 0.25) is 5.91 Å². The molecule has 0 spiro atoms. The van der Waals surface area contributed by atoms with Crippen molar-refractivity contribution in [3.8, 4) is 5.75 Å². The van der Waals surface area contributed by atoms with Crippen LogP contribution < -0.4 is 10.1 Å². The highest BCUT2D eigenvalue weighted by Gasteiger charge is 2.26. The molecule has 0 aromatic heterocycles. The SMILES string of the molecule is CCCCC(=O)Oc1cccc(CCCC(NC(=O)/C=C(C)/C=C/C=C(C)/C=C/C2=C(C)CCCC2(C)C)C(=O)O)c1. The van der Waals surface area contributed by atoms with Crippen LogP contribution in [0.25, 0.3) is 0 Å². The van der Waals surface area contributed by atoms with Crippen molar-refractivity contribution in [3.63, 3.8) is 0 Å². The second kappa shape index (κ2) is 17.3. The van der Waals surface area contributed by atoms with E-state index in [0.29, 0.717) is 25.0 Å². The van der Waals surface area contributed by atoms with Crippen LogP contribution in [0, 0.1) is 5.41 Å². The number of hydrogen-bond acceptors (Lipinski definition) is 4. The monoisotopic (exact) mass is 575 g/mol. The van der Waals surface area contributed by atoms with Gasteiger partial charge in [-0.2, -0.15) is 0 Å². The number of amides is 1. The number of carboxylic acid groups (broad SMARTS) is 1. The Morgan fingerprint density at radius 2 is 1.88 bits per heavy atom.